The molecule has 0 saturated heterocycles. The quantitative estimate of drug-likeness (QED) is 0.785. The average Bonchev–Trinajstić information content (AvgIpc) is 2.41. The van der Waals surface area contributed by atoms with Crippen LogP contribution in [0.15, 0.2) is 23.1 Å². The van der Waals surface area contributed by atoms with E-state index in [0.717, 1.165) is 18.9 Å². The number of nitrogens with zero attached hydrogens (tertiary/aromatic N) is 1. The number of hydrogen-bond acceptors (Lipinski definition) is 3. The molecular formula is C15H25FN2O2S. The molecule has 0 atom stereocenters. The number of nitrogens with two attached hydrogens (primary N) is 1. The standard InChI is InChI=1S/C15H25FN2O2S/c1-5-12(6-2)18(10-11(3)4)21(19,20)13-7-8-15(17)14(16)9-13/h7-9,11-12H,5-6,10,17H2,1-4H3. The summed E-state index contributed by atoms with van der Waals surface area (Å²) < 4.78 is 40.7. The highest BCUT2D eigenvalue weighted by molar-refractivity contribution is 7.89. The van der Waals surface area contributed by atoms with Crippen molar-refractivity contribution in [3.63, 3.8) is 0 Å². The van der Waals surface area contributed by atoms with E-state index >= 15 is 0 Å². The number of halogens is 1. The van der Waals surface area contributed by atoms with Gasteiger partial charge in [-0.15, -0.1) is 0 Å². The van der Waals surface area contributed by atoms with E-state index in [2.05, 4.69) is 0 Å². The van der Waals surface area contributed by atoms with Crippen LogP contribution in [0.1, 0.15) is 40.5 Å². The van der Waals surface area contributed by atoms with Gasteiger partial charge in [0.1, 0.15) is 5.82 Å². The van der Waals surface area contributed by atoms with Crippen molar-refractivity contribution in [2.24, 2.45) is 5.92 Å². The first-order valence-electron chi connectivity index (χ1n) is 7.30. The second-order valence-electron chi connectivity index (χ2n) is 5.62. The lowest BCUT2D eigenvalue weighted by Crippen LogP contribution is -2.42. The SMILES string of the molecule is CCC(CC)N(CC(C)C)S(=O)(=O)c1ccc(N)c(F)c1. The van der Waals surface area contributed by atoms with Gasteiger partial charge in [0, 0.05) is 12.6 Å². The third-order valence-electron chi connectivity index (χ3n) is 3.47. The molecule has 0 aliphatic carbocycles. The van der Waals surface area contributed by atoms with Crippen molar-refractivity contribution >= 4 is 15.7 Å². The highest BCUT2D eigenvalue weighted by Crippen LogP contribution is 2.24. The second-order valence-corrected chi connectivity index (χ2v) is 7.51. The van der Waals surface area contributed by atoms with Crippen LogP contribution in [-0.4, -0.2) is 25.3 Å². The first kappa shape index (κ1) is 17.9. The van der Waals surface area contributed by atoms with Crippen LogP contribution in [0.2, 0.25) is 0 Å². The number of nitrogen functional groups attached to an aromatic ring is 1. The fourth-order valence-corrected chi connectivity index (χ4v) is 4.25. The van der Waals surface area contributed by atoms with Crippen LogP contribution in [0.3, 0.4) is 0 Å². The maximum Gasteiger partial charge on any atom is 0.243 e. The summed E-state index contributed by atoms with van der Waals surface area (Å²) in [5, 5.41) is 0. The van der Waals surface area contributed by atoms with Crippen molar-refractivity contribution in [3.05, 3.63) is 24.0 Å². The molecule has 1 rings (SSSR count). The Morgan fingerprint density at radius 1 is 1.24 bits per heavy atom. The summed E-state index contributed by atoms with van der Waals surface area (Å²) in [6.07, 6.45) is 1.44. The zero-order valence-corrected chi connectivity index (χ0v) is 14.0. The van der Waals surface area contributed by atoms with E-state index in [4.69, 9.17) is 5.73 Å². The van der Waals surface area contributed by atoms with E-state index in [9.17, 15) is 12.8 Å². The van der Waals surface area contributed by atoms with Gasteiger partial charge in [0.15, 0.2) is 0 Å². The average molecular weight is 316 g/mol. The summed E-state index contributed by atoms with van der Waals surface area (Å²) in [5.74, 6) is -0.510. The number of benzene rings is 1. The highest BCUT2D eigenvalue weighted by atomic mass is 32.2. The smallest absolute Gasteiger partial charge is 0.243 e. The molecule has 0 aliphatic rings. The maximum absolute atomic E-state index is 13.6. The molecule has 0 heterocycles. The van der Waals surface area contributed by atoms with Crippen molar-refractivity contribution in [1.29, 1.82) is 0 Å². The molecule has 0 radical (unpaired) electrons. The molecule has 0 fully saturated rings. The van der Waals surface area contributed by atoms with Gasteiger partial charge in [-0.25, -0.2) is 12.8 Å². The molecule has 0 bridgehead atoms. The molecule has 0 amide bonds. The summed E-state index contributed by atoms with van der Waals surface area (Å²) in [6, 6.07) is 3.57. The molecule has 0 aromatic heterocycles. The molecule has 4 nitrogen and oxygen atoms in total. The minimum absolute atomic E-state index is 0.0400. The monoisotopic (exact) mass is 316 g/mol. The zero-order chi connectivity index (χ0) is 16.2. The fraction of sp³-hybridized carbons (Fsp3) is 0.600. The van der Waals surface area contributed by atoms with E-state index < -0.39 is 15.8 Å². The van der Waals surface area contributed by atoms with Gasteiger partial charge in [-0.3, -0.25) is 0 Å². The van der Waals surface area contributed by atoms with Crippen molar-refractivity contribution in [2.45, 2.75) is 51.5 Å². The van der Waals surface area contributed by atoms with Gasteiger partial charge in [-0.05, 0) is 37.0 Å². The molecule has 6 heteroatoms. The summed E-state index contributed by atoms with van der Waals surface area (Å²) in [4.78, 5) is -0.0400. The second kappa shape index (κ2) is 7.22. The molecule has 0 spiro atoms. The van der Waals surface area contributed by atoms with Gasteiger partial charge >= 0.3 is 0 Å². The molecule has 120 valence electrons. The zero-order valence-electron chi connectivity index (χ0n) is 13.1. The van der Waals surface area contributed by atoms with Crippen molar-refractivity contribution in [1.82, 2.24) is 4.31 Å². The lowest BCUT2D eigenvalue weighted by molar-refractivity contribution is 0.277. The van der Waals surface area contributed by atoms with Crippen molar-refractivity contribution < 1.29 is 12.8 Å². The number of rotatable bonds is 7. The van der Waals surface area contributed by atoms with E-state index in [1.165, 1.54) is 16.4 Å². The molecule has 2 N–H and O–H groups in total. The predicted molar refractivity (Wildman–Crippen MR) is 83.9 cm³/mol. The normalized spacial score (nSPS) is 12.6. The lowest BCUT2D eigenvalue weighted by atomic mass is 10.1. The Morgan fingerprint density at radius 2 is 1.81 bits per heavy atom. The topological polar surface area (TPSA) is 63.4 Å². The Bertz CT molecular complexity index is 569. The van der Waals surface area contributed by atoms with Crippen LogP contribution >= 0.6 is 0 Å². The molecule has 0 aliphatic heterocycles. The van der Waals surface area contributed by atoms with Crippen LogP contribution in [0.5, 0.6) is 0 Å². The van der Waals surface area contributed by atoms with Gasteiger partial charge in [0.05, 0.1) is 10.6 Å². The van der Waals surface area contributed by atoms with E-state index in [1.54, 1.807) is 0 Å². The number of hydrogen-bond donors (Lipinski definition) is 1. The summed E-state index contributed by atoms with van der Waals surface area (Å²) in [7, 11) is -3.72. The molecule has 1 aromatic rings. The lowest BCUT2D eigenvalue weighted by Gasteiger charge is -2.31. The molecule has 0 unspecified atom stereocenters. The first-order chi connectivity index (χ1) is 9.73. The Labute approximate surface area is 127 Å². The molecule has 0 saturated carbocycles. The number of anilines is 1. The van der Waals surface area contributed by atoms with Gasteiger partial charge in [-0.1, -0.05) is 27.7 Å². The highest BCUT2D eigenvalue weighted by Gasteiger charge is 2.30. The predicted octanol–water partition coefficient (Wildman–Crippen LogP) is 3.24. The Hall–Kier alpha value is -1.14. The largest absolute Gasteiger partial charge is 0.396 e. The summed E-state index contributed by atoms with van der Waals surface area (Å²) in [5.41, 5.74) is 5.37. The third kappa shape index (κ3) is 4.17. The molecule has 1 aromatic carbocycles. The van der Waals surface area contributed by atoms with Crippen LogP contribution in [0, 0.1) is 11.7 Å². The fourth-order valence-electron chi connectivity index (χ4n) is 2.30. The minimum atomic E-state index is -3.72. The van der Waals surface area contributed by atoms with Gasteiger partial charge in [0.2, 0.25) is 10.0 Å². The van der Waals surface area contributed by atoms with Crippen LogP contribution in [0.25, 0.3) is 0 Å². The van der Waals surface area contributed by atoms with Gasteiger partial charge in [0.25, 0.3) is 0 Å². The van der Waals surface area contributed by atoms with E-state index in [-0.39, 0.29) is 22.5 Å². The Morgan fingerprint density at radius 3 is 2.24 bits per heavy atom. The van der Waals surface area contributed by atoms with Gasteiger partial charge in [-0.2, -0.15) is 4.31 Å². The van der Waals surface area contributed by atoms with Crippen molar-refractivity contribution in [3.8, 4) is 0 Å². The Balaban J connectivity index is 3.28. The van der Waals surface area contributed by atoms with Crippen LogP contribution in [0.4, 0.5) is 10.1 Å². The third-order valence-corrected chi connectivity index (χ3v) is 5.39. The Kier molecular flexibility index (Phi) is 6.16. The summed E-state index contributed by atoms with van der Waals surface area (Å²) in [6.45, 7) is 8.27. The van der Waals surface area contributed by atoms with Crippen molar-refractivity contribution in [2.75, 3.05) is 12.3 Å². The molecular weight excluding hydrogens is 291 g/mol. The summed E-state index contributed by atoms with van der Waals surface area (Å²) >= 11 is 0. The first-order valence-corrected chi connectivity index (χ1v) is 8.74. The van der Waals surface area contributed by atoms with Crippen LogP contribution in [-0.2, 0) is 10.0 Å². The van der Waals surface area contributed by atoms with E-state index in [0.29, 0.717) is 6.54 Å². The minimum Gasteiger partial charge on any atom is -0.396 e. The number of sulfonamides is 1. The van der Waals surface area contributed by atoms with E-state index in [1.807, 2.05) is 27.7 Å². The van der Waals surface area contributed by atoms with Gasteiger partial charge < -0.3 is 5.73 Å². The molecule has 21 heavy (non-hydrogen) atoms. The van der Waals surface area contributed by atoms with Crippen LogP contribution < -0.4 is 5.73 Å². The maximum atomic E-state index is 13.6.